The molecule has 0 saturated heterocycles. The number of carbonyl (C=O) groups excluding carboxylic acids is 1. The SMILES string of the molecule is COC(=O)c1ccc(-c2cnccc2C(=O)O)cc1Cl. The number of carboxylic acids is 1. The van der Waals surface area contributed by atoms with Gasteiger partial charge in [0.1, 0.15) is 0 Å². The Morgan fingerprint density at radius 1 is 1.25 bits per heavy atom. The Hall–Kier alpha value is -2.40. The van der Waals surface area contributed by atoms with E-state index >= 15 is 0 Å². The van der Waals surface area contributed by atoms with Crippen LogP contribution in [0, 0.1) is 0 Å². The van der Waals surface area contributed by atoms with Gasteiger partial charge in [0.25, 0.3) is 0 Å². The van der Waals surface area contributed by atoms with E-state index in [2.05, 4.69) is 9.72 Å². The summed E-state index contributed by atoms with van der Waals surface area (Å²) in [5.74, 6) is -1.61. The Kier molecular flexibility index (Phi) is 4.00. The molecule has 102 valence electrons. The summed E-state index contributed by atoms with van der Waals surface area (Å²) in [4.78, 5) is 26.5. The van der Waals surface area contributed by atoms with E-state index in [1.807, 2.05) is 0 Å². The summed E-state index contributed by atoms with van der Waals surface area (Å²) in [5.41, 5.74) is 1.33. The molecule has 1 heterocycles. The molecule has 0 saturated carbocycles. The lowest BCUT2D eigenvalue weighted by Gasteiger charge is -2.08. The Labute approximate surface area is 119 Å². The number of aromatic carboxylic acids is 1. The van der Waals surface area contributed by atoms with Crippen molar-refractivity contribution in [3.8, 4) is 11.1 Å². The van der Waals surface area contributed by atoms with E-state index < -0.39 is 11.9 Å². The lowest BCUT2D eigenvalue weighted by atomic mass is 10.0. The van der Waals surface area contributed by atoms with Crippen molar-refractivity contribution in [3.05, 3.63) is 52.8 Å². The maximum absolute atomic E-state index is 11.4. The van der Waals surface area contributed by atoms with Crippen molar-refractivity contribution in [1.29, 1.82) is 0 Å². The molecule has 2 rings (SSSR count). The number of benzene rings is 1. The van der Waals surface area contributed by atoms with Crippen molar-refractivity contribution in [2.24, 2.45) is 0 Å². The number of hydrogen-bond donors (Lipinski definition) is 1. The van der Waals surface area contributed by atoms with Crippen LogP contribution in [0.4, 0.5) is 0 Å². The first-order chi connectivity index (χ1) is 9.54. The lowest BCUT2D eigenvalue weighted by molar-refractivity contribution is 0.0600. The molecule has 2 aromatic rings. The molecule has 0 unspecified atom stereocenters. The van der Waals surface area contributed by atoms with Crippen LogP contribution in [0.2, 0.25) is 5.02 Å². The Balaban J connectivity index is 2.53. The number of ether oxygens (including phenoxy) is 1. The van der Waals surface area contributed by atoms with E-state index in [-0.39, 0.29) is 16.1 Å². The number of rotatable bonds is 3. The van der Waals surface area contributed by atoms with Gasteiger partial charge in [0, 0.05) is 18.0 Å². The largest absolute Gasteiger partial charge is 0.478 e. The molecule has 0 aliphatic heterocycles. The summed E-state index contributed by atoms with van der Waals surface area (Å²) in [6, 6.07) is 6.00. The summed E-state index contributed by atoms with van der Waals surface area (Å²) in [7, 11) is 1.26. The first-order valence-corrected chi connectivity index (χ1v) is 5.98. The van der Waals surface area contributed by atoms with Crippen molar-refractivity contribution in [3.63, 3.8) is 0 Å². The van der Waals surface area contributed by atoms with E-state index in [0.717, 1.165) is 0 Å². The average molecular weight is 292 g/mol. The van der Waals surface area contributed by atoms with Crippen molar-refractivity contribution >= 4 is 23.5 Å². The first-order valence-electron chi connectivity index (χ1n) is 5.60. The second kappa shape index (κ2) is 5.71. The highest BCUT2D eigenvalue weighted by atomic mass is 35.5. The van der Waals surface area contributed by atoms with Gasteiger partial charge in [0.2, 0.25) is 0 Å². The van der Waals surface area contributed by atoms with Crippen molar-refractivity contribution in [1.82, 2.24) is 4.98 Å². The highest BCUT2D eigenvalue weighted by molar-refractivity contribution is 6.33. The highest BCUT2D eigenvalue weighted by Gasteiger charge is 2.15. The fourth-order valence-electron chi connectivity index (χ4n) is 1.77. The zero-order valence-corrected chi connectivity index (χ0v) is 11.2. The van der Waals surface area contributed by atoms with Crippen molar-refractivity contribution in [2.45, 2.75) is 0 Å². The summed E-state index contributed by atoms with van der Waals surface area (Å²) in [6.45, 7) is 0. The van der Waals surface area contributed by atoms with E-state index in [9.17, 15) is 9.59 Å². The maximum Gasteiger partial charge on any atom is 0.339 e. The summed E-state index contributed by atoms with van der Waals surface area (Å²) >= 11 is 6.02. The van der Waals surface area contributed by atoms with Gasteiger partial charge in [-0.05, 0) is 23.8 Å². The predicted octanol–water partition coefficient (Wildman–Crippen LogP) is 2.89. The third kappa shape index (κ3) is 2.62. The molecule has 0 aliphatic carbocycles. The third-order valence-corrected chi connectivity index (χ3v) is 3.05. The van der Waals surface area contributed by atoms with E-state index in [1.54, 1.807) is 6.07 Å². The van der Waals surface area contributed by atoms with Gasteiger partial charge in [0.15, 0.2) is 0 Å². The molecule has 0 atom stereocenters. The molecule has 1 aromatic heterocycles. The highest BCUT2D eigenvalue weighted by Crippen LogP contribution is 2.28. The molecule has 20 heavy (non-hydrogen) atoms. The van der Waals surface area contributed by atoms with Gasteiger partial charge in [-0.15, -0.1) is 0 Å². The lowest BCUT2D eigenvalue weighted by Crippen LogP contribution is -2.03. The smallest absolute Gasteiger partial charge is 0.339 e. The van der Waals surface area contributed by atoms with Gasteiger partial charge in [-0.1, -0.05) is 17.7 Å². The van der Waals surface area contributed by atoms with Gasteiger partial charge in [0.05, 0.1) is 23.3 Å². The normalized spacial score (nSPS) is 10.1. The second-order valence-electron chi connectivity index (χ2n) is 3.91. The van der Waals surface area contributed by atoms with Gasteiger partial charge >= 0.3 is 11.9 Å². The number of esters is 1. The molecular formula is C14H10ClNO4. The van der Waals surface area contributed by atoms with Crippen LogP contribution in [0.25, 0.3) is 11.1 Å². The standard InChI is InChI=1S/C14H10ClNO4/c1-20-14(19)10-3-2-8(6-12(10)15)11-7-16-5-4-9(11)13(17)18/h2-7H,1H3,(H,17,18). The summed E-state index contributed by atoms with van der Waals surface area (Å²) < 4.78 is 4.59. The Morgan fingerprint density at radius 2 is 2.00 bits per heavy atom. The Bertz CT molecular complexity index is 685. The Morgan fingerprint density at radius 3 is 2.60 bits per heavy atom. The van der Waals surface area contributed by atoms with Gasteiger partial charge < -0.3 is 9.84 Å². The molecule has 1 N–H and O–H groups in total. The van der Waals surface area contributed by atoms with Crippen LogP contribution in [0.1, 0.15) is 20.7 Å². The average Bonchev–Trinajstić information content (AvgIpc) is 2.46. The summed E-state index contributed by atoms with van der Waals surface area (Å²) in [5, 5.41) is 9.33. The fourth-order valence-corrected chi connectivity index (χ4v) is 2.03. The quantitative estimate of drug-likeness (QED) is 0.880. The molecule has 0 radical (unpaired) electrons. The van der Waals surface area contributed by atoms with E-state index in [1.165, 1.54) is 37.7 Å². The number of carbonyl (C=O) groups is 2. The number of aromatic nitrogens is 1. The molecular weight excluding hydrogens is 282 g/mol. The molecule has 1 aromatic carbocycles. The minimum atomic E-state index is -1.06. The topological polar surface area (TPSA) is 76.5 Å². The van der Waals surface area contributed by atoms with Gasteiger partial charge in [-0.3, -0.25) is 4.98 Å². The molecule has 6 heteroatoms. The maximum atomic E-state index is 11.4. The van der Waals surface area contributed by atoms with E-state index in [0.29, 0.717) is 11.1 Å². The monoisotopic (exact) mass is 291 g/mol. The number of halogens is 1. The van der Waals surface area contributed by atoms with Crippen LogP contribution >= 0.6 is 11.6 Å². The molecule has 0 spiro atoms. The zero-order valence-electron chi connectivity index (χ0n) is 10.5. The molecule has 5 nitrogen and oxygen atoms in total. The zero-order chi connectivity index (χ0) is 14.7. The minimum absolute atomic E-state index is 0.113. The number of carboxylic acid groups (broad SMARTS) is 1. The summed E-state index contributed by atoms with van der Waals surface area (Å²) in [6.07, 6.45) is 2.84. The number of pyridine rings is 1. The number of hydrogen-bond acceptors (Lipinski definition) is 4. The molecule has 0 fully saturated rings. The van der Waals surface area contributed by atoms with Gasteiger partial charge in [-0.25, -0.2) is 9.59 Å². The molecule has 0 bridgehead atoms. The number of methoxy groups -OCH3 is 1. The predicted molar refractivity (Wildman–Crippen MR) is 73.0 cm³/mol. The second-order valence-corrected chi connectivity index (χ2v) is 4.32. The van der Waals surface area contributed by atoms with Crippen molar-refractivity contribution in [2.75, 3.05) is 7.11 Å². The van der Waals surface area contributed by atoms with Crippen LogP contribution < -0.4 is 0 Å². The van der Waals surface area contributed by atoms with Crippen LogP contribution in [-0.4, -0.2) is 29.1 Å². The van der Waals surface area contributed by atoms with Gasteiger partial charge in [-0.2, -0.15) is 0 Å². The fraction of sp³-hybridized carbons (Fsp3) is 0.0714. The first kappa shape index (κ1) is 14.0. The van der Waals surface area contributed by atoms with Crippen LogP contribution in [0.3, 0.4) is 0 Å². The van der Waals surface area contributed by atoms with Crippen LogP contribution in [0.5, 0.6) is 0 Å². The molecule has 0 amide bonds. The van der Waals surface area contributed by atoms with Crippen LogP contribution in [-0.2, 0) is 4.74 Å². The molecule has 0 aliphatic rings. The van der Waals surface area contributed by atoms with E-state index in [4.69, 9.17) is 16.7 Å². The number of nitrogens with zero attached hydrogens (tertiary/aromatic N) is 1. The third-order valence-electron chi connectivity index (χ3n) is 2.74. The van der Waals surface area contributed by atoms with Crippen molar-refractivity contribution < 1.29 is 19.4 Å². The minimum Gasteiger partial charge on any atom is -0.478 e. The van der Waals surface area contributed by atoms with Crippen LogP contribution in [0.15, 0.2) is 36.7 Å².